The number of aliphatic carboxylic acids is 2. The largest absolute Gasteiger partial charge is 0.481 e. The van der Waals surface area contributed by atoms with Crippen molar-refractivity contribution in [2.45, 2.75) is 37.9 Å². The average molecular weight is 479 g/mol. The van der Waals surface area contributed by atoms with Crippen LogP contribution in [0, 0.1) is 0 Å². The Bertz CT molecular complexity index is 1260. The summed E-state index contributed by atoms with van der Waals surface area (Å²) in [6.07, 6.45) is -0.580. The molecule has 4 N–H and O–H groups in total. The van der Waals surface area contributed by atoms with E-state index in [0.29, 0.717) is 19.0 Å². The van der Waals surface area contributed by atoms with E-state index in [1.54, 1.807) is 24.3 Å². The maximum absolute atomic E-state index is 13.2. The molecule has 0 radical (unpaired) electrons. The topological polar surface area (TPSA) is 154 Å². The van der Waals surface area contributed by atoms with Crippen LogP contribution in [-0.2, 0) is 27.3 Å². The van der Waals surface area contributed by atoms with Crippen molar-refractivity contribution >= 4 is 40.9 Å². The first-order valence-corrected chi connectivity index (χ1v) is 11.2. The Labute approximate surface area is 200 Å². The van der Waals surface area contributed by atoms with Crippen molar-refractivity contribution in [2.75, 3.05) is 11.4 Å². The molecule has 11 heteroatoms. The number of carboxylic acid groups (broad SMARTS) is 2. The van der Waals surface area contributed by atoms with E-state index in [2.05, 4.69) is 15.6 Å². The molecule has 0 unspecified atom stereocenters. The fourth-order valence-electron chi connectivity index (χ4n) is 4.07. The van der Waals surface area contributed by atoms with Gasteiger partial charge in [0.15, 0.2) is 0 Å². The summed E-state index contributed by atoms with van der Waals surface area (Å²) < 4.78 is 1.92. The van der Waals surface area contributed by atoms with Gasteiger partial charge in [-0.3, -0.25) is 14.5 Å². The lowest BCUT2D eigenvalue weighted by Gasteiger charge is -2.24. The van der Waals surface area contributed by atoms with Gasteiger partial charge in [0.25, 0.3) is 0 Å². The number of hydrogen-bond donors (Lipinski definition) is 4. The van der Waals surface area contributed by atoms with Gasteiger partial charge in [-0.25, -0.2) is 14.6 Å². The van der Waals surface area contributed by atoms with Crippen molar-refractivity contribution in [3.8, 4) is 0 Å². The highest BCUT2D eigenvalue weighted by Crippen LogP contribution is 2.27. The molecule has 0 fully saturated rings. The Morgan fingerprint density at radius 2 is 1.63 bits per heavy atom. The first-order valence-electron chi connectivity index (χ1n) is 11.2. The molecule has 2 aromatic carbocycles. The third-order valence-electron chi connectivity index (χ3n) is 5.83. The van der Waals surface area contributed by atoms with Crippen LogP contribution in [0.3, 0.4) is 0 Å². The Balaban J connectivity index is 1.53. The first-order chi connectivity index (χ1) is 16.8. The number of anilines is 1. The molecule has 2 atom stereocenters. The zero-order valence-electron chi connectivity index (χ0n) is 18.8. The van der Waals surface area contributed by atoms with Gasteiger partial charge in [-0.05, 0) is 24.1 Å². The number of aromatic nitrogens is 2. The van der Waals surface area contributed by atoms with Gasteiger partial charge in [0.2, 0.25) is 11.9 Å². The second-order valence-corrected chi connectivity index (χ2v) is 8.23. The summed E-state index contributed by atoms with van der Waals surface area (Å²) >= 11 is 0. The van der Waals surface area contributed by atoms with E-state index < -0.39 is 42.4 Å². The Hall–Kier alpha value is -4.41. The standard InChI is InChI=1S/C24H25N5O6/c30-20(31)11-10-17(22(33)34)25-21(32)18(14-15-6-2-1-3-7-15)27-24(35)29-13-12-28-19-9-5-4-8-16(19)26-23(28)29/h1-9,17-18H,10-14H2,(H,25,32)(H,27,35)(H,30,31)(H,33,34)/t17-,18+/m1/s1. The van der Waals surface area contributed by atoms with Crippen molar-refractivity contribution in [1.82, 2.24) is 20.2 Å². The lowest BCUT2D eigenvalue weighted by molar-refractivity contribution is -0.143. The third kappa shape index (κ3) is 5.40. The van der Waals surface area contributed by atoms with Crippen LogP contribution >= 0.6 is 0 Å². The Morgan fingerprint density at radius 1 is 0.914 bits per heavy atom. The van der Waals surface area contributed by atoms with Crippen LogP contribution in [0.4, 0.5) is 10.7 Å². The van der Waals surface area contributed by atoms with E-state index >= 15 is 0 Å². The predicted molar refractivity (Wildman–Crippen MR) is 126 cm³/mol. The minimum absolute atomic E-state index is 0.119. The molecule has 0 aliphatic carbocycles. The summed E-state index contributed by atoms with van der Waals surface area (Å²) in [5, 5.41) is 23.4. The van der Waals surface area contributed by atoms with Gasteiger partial charge in [0.1, 0.15) is 12.1 Å². The molecule has 3 amide bonds. The van der Waals surface area contributed by atoms with Gasteiger partial charge in [-0.2, -0.15) is 0 Å². The van der Waals surface area contributed by atoms with Gasteiger partial charge < -0.3 is 25.4 Å². The lowest BCUT2D eigenvalue weighted by Crippen LogP contribution is -2.55. The van der Waals surface area contributed by atoms with Gasteiger partial charge in [0, 0.05) is 25.9 Å². The maximum atomic E-state index is 13.2. The van der Waals surface area contributed by atoms with Crippen LogP contribution in [0.15, 0.2) is 54.6 Å². The van der Waals surface area contributed by atoms with E-state index in [9.17, 15) is 24.3 Å². The number of fused-ring (bicyclic) bond motifs is 3. The van der Waals surface area contributed by atoms with E-state index in [4.69, 9.17) is 5.11 Å². The van der Waals surface area contributed by atoms with Crippen molar-refractivity contribution in [3.05, 3.63) is 60.2 Å². The molecule has 182 valence electrons. The molecule has 2 heterocycles. The van der Waals surface area contributed by atoms with Crippen LogP contribution in [0.25, 0.3) is 11.0 Å². The minimum Gasteiger partial charge on any atom is -0.481 e. The van der Waals surface area contributed by atoms with Crippen LogP contribution in [-0.4, -0.2) is 62.3 Å². The number of rotatable bonds is 9. The number of carboxylic acids is 2. The number of imidazole rings is 1. The molecule has 0 saturated carbocycles. The smallest absolute Gasteiger partial charge is 0.326 e. The number of carbonyl (C=O) groups is 4. The molecule has 0 bridgehead atoms. The number of para-hydroxylation sites is 2. The minimum atomic E-state index is -1.40. The quantitative estimate of drug-likeness (QED) is 0.364. The number of nitrogens with one attached hydrogen (secondary N) is 2. The average Bonchev–Trinajstić information content (AvgIpc) is 3.41. The summed E-state index contributed by atoms with van der Waals surface area (Å²) in [5.41, 5.74) is 2.42. The molecular weight excluding hydrogens is 454 g/mol. The highest BCUT2D eigenvalue weighted by molar-refractivity contribution is 5.97. The summed E-state index contributed by atoms with van der Waals surface area (Å²) in [6, 6.07) is 13.5. The summed E-state index contributed by atoms with van der Waals surface area (Å²) in [4.78, 5) is 54.7. The van der Waals surface area contributed by atoms with E-state index in [0.717, 1.165) is 16.6 Å². The normalized spacial score (nSPS) is 14.2. The van der Waals surface area contributed by atoms with Gasteiger partial charge in [-0.15, -0.1) is 0 Å². The predicted octanol–water partition coefficient (Wildman–Crippen LogP) is 1.61. The van der Waals surface area contributed by atoms with Gasteiger partial charge in [0.05, 0.1) is 11.0 Å². The number of carbonyl (C=O) groups excluding carboxylic acids is 2. The highest BCUT2D eigenvalue weighted by atomic mass is 16.4. The molecule has 1 aliphatic rings. The highest BCUT2D eigenvalue weighted by Gasteiger charge is 2.32. The van der Waals surface area contributed by atoms with Crippen LogP contribution in [0.1, 0.15) is 18.4 Å². The monoisotopic (exact) mass is 479 g/mol. The van der Waals surface area contributed by atoms with Crippen molar-refractivity contribution in [1.29, 1.82) is 0 Å². The first kappa shape index (κ1) is 23.7. The summed E-state index contributed by atoms with van der Waals surface area (Å²) in [5.74, 6) is -2.77. The van der Waals surface area contributed by atoms with Crippen LogP contribution in [0.5, 0.6) is 0 Å². The number of hydrogen-bond acceptors (Lipinski definition) is 5. The molecular formula is C24H25N5O6. The van der Waals surface area contributed by atoms with Crippen molar-refractivity contribution in [2.24, 2.45) is 0 Å². The second-order valence-electron chi connectivity index (χ2n) is 8.23. The molecule has 35 heavy (non-hydrogen) atoms. The number of benzene rings is 2. The number of urea groups is 1. The molecule has 11 nitrogen and oxygen atoms in total. The zero-order valence-corrected chi connectivity index (χ0v) is 18.8. The lowest BCUT2D eigenvalue weighted by atomic mass is 10.0. The molecule has 1 aromatic heterocycles. The summed E-state index contributed by atoms with van der Waals surface area (Å²) in [7, 11) is 0. The van der Waals surface area contributed by atoms with Crippen molar-refractivity contribution in [3.63, 3.8) is 0 Å². The van der Waals surface area contributed by atoms with Crippen molar-refractivity contribution < 1.29 is 29.4 Å². The van der Waals surface area contributed by atoms with Gasteiger partial charge in [-0.1, -0.05) is 42.5 Å². The number of amides is 3. The summed E-state index contributed by atoms with van der Waals surface area (Å²) in [6.45, 7) is 0.921. The number of nitrogens with zero attached hydrogens (tertiary/aromatic N) is 3. The Kier molecular flexibility index (Phi) is 6.95. The molecule has 4 rings (SSSR count). The zero-order chi connectivity index (χ0) is 24.9. The van der Waals surface area contributed by atoms with E-state index in [-0.39, 0.29) is 12.8 Å². The Morgan fingerprint density at radius 3 is 2.34 bits per heavy atom. The van der Waals surface area contributed by atoms with Gasteiger partial charge >= 0.3 is 18.0 Å². The molecule has 3 aromatic rings. The van der Waals surface area contributed by atoms with Crippen LogP contribution in [0.2, 0.25) is 0 Å². The molecule has 0 spiro atoms. The van der Waals surface area contributed by atoms with E-state index in [1.165, 1.54) is 4.90 Å². The second kappa shape index (κ2) is 10.2. The van der Waals surface area contributed by atoms with E-state index in [1.807, 2.05) is 34.9 Å². The third-order valence-corrected chi connectivity index (χ3v) is 5.83. The molecule has 1 aliphatic heterocycles. The van der Waals surface area contributed by atoms with Crippen LogP contribution < -0.4 is 15.5 Å². The fraction of sp³-hybridized carbons (Fsp3) is 0.292. The fourth-order valence-corrected chi connectivity index (χ4v) is 4.07. The maximum Gasteiger partial charge on any atom is 0.326 e. The SMILES string of the molecule is O=C(O)CC[C@@H](NC(=O)[C@H](Cc1ccccc1)NC(=O)N1CCn2c1nc1ccccc12)C(=O)O. The molecule has 0 saturated heterocycles.